The van der Waals surface area contributed by atoms with Gasteiger partial charge < -0.3 is 11.1 Å². The van der Waals surface area contributed by atoms with Gasteiger partial charge in [-0.3, -0.25) is 9.78 Å². The lowest BCUT2D eigenvalue weighted by molar-refractivity contribution is 0.102. The van der Waals surface area contributed by atoms with Crippen LogP contribution in [-0.2, 0) is 0 Å². The molecule has 4 nitrogen and oxygen atoms in total. The number of aromatic nitrogens is 1. The van der Waals surface area contributed by atoms with Gasteiger partial charge in [-0.15, -0.1) is 0 Å². The Kier molecular flexibility index (Phi) is 3.57. The molecule has 1 aromatic carbocycles. The quantitative estimate of drug-likeness (QED) is 0.896. The fourth-order valence-electron chi connectivity index (χ4n) is 1.38. The van der Waals surface area contributed by atoms with E-state index in [9.17, 15) is 9.18 Å². The second kappa shape index (κ2) is 5.14. The largest absolute Gasteiger partial charge is 0.396 e. The second-order valence-corrected chi connectivity index (χ2v) is 4.40. The number of halogens is 2. The molecule has 0 aliphatic rings. The lowest BCUT2D eigenvalue weighted by Gasteiger charge is -2.08. The summed E-state index contributed by atoms with van der Waals surface area (Å²) in [5.41, 5.74) is 6.82. The molecule has 92 valence electrons. The van der Waals surface area contributed by atoms with Gasteiger partial charge in [0.1, 0.15) is 5.82 Å². The molecule has 0 unspecified atom stereocenters. The van der Waals surface area contributed by atoms with Crippen LogP contribution in [0.3, 0.4) is 0 Å². The molecule has 0 fully saturated rings. The first-order valence-corrected chi connectivity index (χ1v) is 5.83. The van der Waals surface area contributed by atoms with Gasteiger partial charge in [-0.25, -0.2) is 4.39 Å². The summed E-state index contributed by atoms with van der Waals surface area (Å²) in [4.78, 5) is 15.8. The molecule has 6 heteroatoms. The van der Waals surface area contributed by atoms with Crippen molar-refractivity contribution in [3.8, 4) is 0 Å². The number of nitrogens with two attached hydrogens (primary N) is 1. The van der Waals surface area contributed by atoms with Crippen molar-refractivity contribution in [3.05, 3.63) is 52.5 Å². The Morgan fingerprint density at radius 1 is 1.39 bits per heavy atom. The lowest BCUT2D eigenvalue weighted by Crippen LogP contribution is -2.14. The van der Waals surface area contributed by atoms with Gasteiger partial charge in [0.15, 0.2) is 0 Å². The Morgan fingerprint density at radius 3 is 2.83 bits per heavy atom. The molecule has 2 aromatic rings. The number of rotatable bonds is 2. The molecule has 0 saturated carbocycles. The Bertz CT molecular complexity index is 604. The van der Waals surface area contributed by atoms with Crippen molar-refractivity contribution in [2.24, 2.45) is 0 Å². The van der Waals surface area contributed by atoms with E-state index in [1.807, 2.05) is 0 Å². The Labute approximate surface area is 111 Å². The van der Waals surface area contributed by atoms with Crippen LogP contribution in [0.5, 0.6) is 0 Å². The first kappa shape index (κ1) is 12.5. The van der Waals surface area contributed by atoms with Crippen molar-refractivity contribution < 1.29 is 9.18 Å². The number of amides is 1. The molecule has 0 bridgehead atoms. The van der Waals surface area contributed by atoms with E-state index >= 15 is 0 Å². The smallest absolute Gasteiger partial charge is 0.256 e. The molecule has 0 aliphatic heterocycles. The number of hydrogen-bond donors (Lipinski definition) is 2. The molecule has 0 saturated heterocycles. The van der Waals surface area contributed by atoms with E-state index in [-0.39, 0.29) is 5.91 Å². The SMILES string of the molecule is Nc1cnccc1NC(=O)c1ccc(F)cc1Br. The third-order valence-electron chi connectivity index (χ3n) is 2.28. The molecule has 0 atom stereocenters. The van der Waals surface area contributed by atoms with E-state index in [4.69, 9.17) is 5.73 Å². The molecular weight excluding hydrogens is 301 g/mol. The van der Waals surface area contributed by atoms with Gasteiger partial charge in [-0.2, -0.15) is 0 Å². The Morgan fingerprint density at radius 2 is 2.17 bits per heavy atom. The third-order valence-corrected chi connectivity index (χ3v) is 2.93. The van der Waals surface area contributed by atoms with Crippen LogP contribution in [0, 0.1) is 5.82 Å². The van der Waals surface area contributed by atoms with Gasteiger partial charge in [0.05, 0.1) is 23.1 Å². The van der Waals surface area contributed by atoms with E-state index in [2.05, 4.69) is 26.2 Å². The summed E-state index contributed by atoms with van der Waals surface area (Å²) in [5.74, 6) is -0.790. The lowest BCUT2D eigenvalue weighted by atomic mass is 10.2. The average Bonchev–Trinajstić information content (AvgIpc) is 2.32. The van der Waals surface area contributed by atoms with E-state index in [1.54, 1.807) is 6.07 Å². The molecule has 0 aliphatic carbocycles. The predicted octanol–water partition coefficient (Wildman–Crippen LogP) is 2.82. The maximum absolute atomic E-state index is 12.9. The first-order valence-electron chi connectivity index (χ1n) is 5.04. The van der Waals surface area contributed by atoms with Crippen LogP contribution < -0.4 is 11.1 Å². The predicted molar refractivity (Wildman–Crippen MR) is 70.7 cm³/mol. The number of nitrogens with one attached hydrogen (secondary N) is 1. The van der Waals surface area contributed by atoms with Gasteiger partial charge in [-0.05, 0) is 40.2 Å². The van der Waals surface area contributed by atoms with Crippen LogP contribution in [-0.4, -0.2) is 10.9 Å². The minimum absolute atomic E-state index is 0.326. The highest BCUT2D eigenvalue weighted by Gasteiger charge is 2.12. The zero-order chi connectivity index (χ0) is 13.1. The highest BCUT2D eigenvalue weighted by atomic mass is 79.9. The summed E-state index contributed by atoms with van der Waals surface area (Å²) in [6.07, 6.45) is 2.96. The highest BCUT2D eigenvalue weighted by Crippen LogP contribution is 2.21. The zero-order valence-corrected chi connectivity index (χ0v) is 10.7. The molecular formula is C12H9BrFN3O. The molecule has 1 aromatic heterocycles. The van der Waals surface area contributed by atoms with Crippen LogP contribution in [0.25, 0.3) is 0 Å². The standard InChI is InChI=1S/C12H9BrFN3O/c13-9-5-7(14)1-2-8(9)12(18)17-11-3-4-16-6-10(11)15/h1-6H,15H2,(H,16,17,18). The first-order chi connectivity index (χ1) is 8.58. The van der Waals surface area contributed by atoms with Crippen molar-refractivity contribution >= 4 is 33.2 Å². The fourth-order valence-corrected chi connectivity index (χ4v) is 1.91. The summed E-state index contributed by atoms with van der Waals surface area (Å²) in [5, 5.41) is 2.63. The van der Waals surface area contributed by atoms with Crippen molar-refractivity contribution in [1.82, 2.24) is 4.98 Å². The molecule has 0 spiro atoms. The zero-order valence-electron chi connectivity index (χ0n) is 9.15. The molecule has 1 heterocycles. The highest BCUT2D eigenvalue weighted by molar-refractivity contribution is 9.10. The van der Waals surface area contributed by atoms with Crippen molar-refractivity contribution in [2.75, 3.05) is 11.1 Å². The van der Waals surface area contributed by atoms with Crippen LogP contribution >= 0.6 is 15.9 Å². The number of carbonyl (C=O) groups excluding carboxylic acids is 1. The number of carbonyl (C=O) groups is 1. The summed E-state index contributed by atoms with van der Waals surface area (Å²) >= 11 is 3.14. The topological polar surface area (TPSA) is 68.0 Å². The Hall–Kier alpha value is -1.95. The second-order valence-electron chi connectivity index (χ2n) is 3.54. The van der Waals surface area contributed by atoms with Gasteiger partial charge in [-0.1, -0.05) is 0 Å². The monoisotopic (exact) mass is 309 g/mol. The number of pyridine rings is 1. The summed E-state index contributed by atoms with van der Waals surface area (Å²) in [7, 11) is 0. The van der Waals surface area contributed by atoms with E-state index in [1.165, 1.54) is 30.6 Å². The number of hydrogen-bond acceptors (Lipinski definition) is 3. The van der Waals surface area contributed by atoms with Gasteiger partial charge in [0.25, 0.3) is 5.91 Å². The van der Waals surface area contributed by atoms with Gasteiger partial charge in [0, 0.05) is 10.7 Å². The molecule has 3 N–H and O–H groups in total. The summed E-state index contributed by atoms with van der Waals surface area (Å²) in [6.45, 7) is 0. The molecule has 1 amide bonds. The normalized spacial score (nSPS) is 10.1. The molecule has 18 heavy (non-hydrogen) atoms. The third kappa shape index (κ3) is 2.65. The molecule has 0 radical (unpaired) electrons. The number of nitrogen functional groups attached to an aromatic ring is 1. The Balaban J connectivity index is 2.25. The number of nitrogens with zero attached hydrogens (tertiary/aromatic N) is 1. The van der Waals surface area contributed by atoms with Crippen LogP contribution in [0.4, 0.5) is 15.8 Å². The summed E-state index contributed by atoms with van der Waals surface area (Å²) in [6, 6.07) is 5.43. The number of benzene rings is 1. The maximum atomic E-state index is 12.9. The number of anilines is 2. The van der Waals surface area contributed by atoms with Gasteiger partial charge >= 0.3 is 0 Å². The molecule has 2 rings (SSSR count). The van der Waals surface area contributed by atoms with E-state index < -0.39 is 5.82 Å². The van der Waals surface area contributed by atoms with Crippen molar-refractivity contribution in [1.29, 1.82) is 0 Å². The maximum Gasteiger partial charge on any atom is 0.256 e. The van der Waals surface area contributed by atoms with E-state index in [0.29, 0.717) is 21.4 Å². The van der Waals surface area contributed by atoms with E-state index in [0.717, 1.165) is 0 Å². The van der Waals surface area contributed by atoms with Gasteiger partial charge in [0.2, 0.25) is 0 Å². The van der Waals surface area contributed by atoms with Crippen LogP contribution in [0.1, 0.15) is 10.4 Å². The van der Waals surface area contributed by atoms with Crippen molar-refractivity contribution in [2.45, 2.75) is 0 Å². The minimum atomic E-state index is -0.415. The van der Waals surface area contributed by atoms with Crippen molar-refractivity contribution in [3.63, 3.8) is 0 Å². The average molecular weight is 310 g/mol. The van der Waals surface area contributed by atoms with Crippen LogP contribution in [0.2, 0.25) is 0 Å². The van der Waals surface area contributed by atoms with Crippen LogP contribution in [0.15, 0.2) is 41.1 Å². The minimum Gasteiger partial charge on any atom is -0.396 e. The summed E-state index contributed by atoms with van der Waals surface area (Å²) < 4.78 is 13.3. The fraction of sp³-hybridized carbons (Fsp3) is 0.